The van der Waals surface area contributed by atoms with Gasteiger partial charge in [-0.05, 0) is 32.8 Å². The van der Waals surface area contributed by atoms with Crippen molar-refractivity contribution < 1.29 is 38.4 Å². The number of aliphatic hydroxyl groups excluding tert-OH is 2. The third-order valence-corrected chi connectivity index (χ3v) is 8.97. The lowest BCUT2D eigenvalue weighted by Gasteiger charge is -2.46. The van der Waals surface area contributed by atoms with E-state index in [0.717, 1.165) is 11.4 Å². The number of aromatic nitrogens is 1. The summed E-state index contributed by atoms with van der Waals surface area (Å²) in [4.78, 5) is 30.4. The molecule has 2 saturated heterocycles. The van der Waals surface area contributed by atoms with Crippen molar-refractivity contribution in [3.8, 4) is 0 Å². The van der Waals surface area contributed by atoms with E-state index in [2.05, 4.69) is 4.98 Å². The number of hydrogen-bond donors (Lipinski definition) is 2. The van der Waals surface area contributed by atoms with Gasteiger partial charge >= 0.3 is 5.97 Å². The predicted molar refractivity (Wildman–Crippen MR) is 131 cm³/mol. The number of hydrogen-bond acceptors (Lipinski definition) is 9. The van der Waals surface area contributed by atoms with E-state index in [1.54, 1.807) is 26.2 Å². The summed E-state index contributed by atoms with van der Waals surface area (Å²) in [6.07, 6.45) is -2.47. The summed E-state index contributed by atoms with van der Waals surface area (Å²) in [5.74, 6) is -2.68. The van der Waals surface area contributed by atoms with Gasteiger partial charge in [0.05, 0.1) is 47.5 Å². The Hall–Kier alpha value is -1.43. The summed E-state index contributed by atoms with van der Waals surface area (Å²) in [5, 5.41) is 23.1. The molecule has 8 nitrogen and oxygen atoms in total. The van der Waals surface area contributed by atoms with Crippen LogP contribution in [0.5, 0.6) is 0 Å². The van der Waals surface area contributed by atoms with Crippen LogP contribution in [-0.2, 0) is 23.8 Å². The number of Topliss-reactive ketones (excluding diaryl/α,β-unsaturated/α-hetero) is 1. The first-order valence-electron chi connectivity index (χ1n) is 12.3. The van der Waals surface area contributed by atoms with E-state index in [4.69, 9.17) is 25.8 Å². The molecule has 0 bridgehead atoms. The van der Waals surface area contributed by atoms with Crippen molar-refractivity contribution in [2.45, 2.75) is 94.9 Å². The van der Waals surface area contributed by atoms with Crippen LogP contribution in [0.15, 0.2) is 11.2 Å². The number of ketones is 1. The van der Waals surface area contributed by atoms with Crippen LogP contribution >= 0.6 is 22.9 Å². The summed E-state index contributed by atoms with van der Waals surface area (Å²) < 4.78 is 32.1. The van der Waals surface area contributed by atoms with E-state index in [9.17, 15) is 19.8 Å². The first kappa shape index (κ1) is 27.6. The zero-order valence-corrected chi connectivity index (χ0v) is 22.2. The van der Waals surface area contributed by atoms with E-state index in [0.29, 0.717) is 18.5 Å². The molecule has 11 heteroatoms. The second-order valence-electron chi connectivity index (χ2n) is 10.1. The smallest absolute Gasteiger partial charge is 0.309 e. The van der Waals surface area contributed by atoms with Crippen LogP contribution in [0.25, 0.3) is 6.08 Å². The molecular formula is C25H33ClFNO7S. The number of esters is 1. The maximum Gasteiger partial charge on any atom is 0.309 e. The Bertz CT molecular complexity index is 1010. The molecule has 1 saturated carbocycles. The number of cyclic esters (lactones) is 1. The molecular weight excluding hydrogens is 513 g/mol. The van der Waals surface area contributed by atoms with Crippen LogP contribution in [-0.4, -0.2) is 69.1 Å². The van der Waals surface area contributed by atoms with E-state index in [1.807, 2.05) is 0 Å². The van der Waals surface area contributed by atoms with Crippen LogP contribution in [0, 0.1) is 18.3 Å². The van der Waals surface area contributed by atoms with Gasteiger partial charge in [-0.1, -0.05) is 24.9 Å². The number of epoxide rings is 1. The largest absolute Gasteiger partial charge is 0.455 e. The average Bonchev–Trinajstić information content (AvgIpc) is 3.22. The lowest BCUT2D eigenvalue weighted by molar-refractivity contribution is -0.163. The number of aryl methyl sites for hydroxylation is 1. The van der Waals surface area contributed by atoms with Crippen LogP contribution in [0.2, 0.25) is 0 Å². The third-order valence-electron chi connectivity index (χ3n) is 7.66. The molecule has 0 radical (unpaired) electrons. The van der Waals surface area contributed by atoms with E-state index >= 15 is 4.39 Å². The highest BCUT2D eigenvalue weighted by Gasteiger charge is 2.57. The lowest BCUT2D eigenvalue weighted by Crippen LogP contribution is -2.53. The summed E-state index contributed by atoms with van der Waals surface area (Å²) in [6.45, 7) is 5.21. The molecule has 1 aliphatic carbocycles. The Morgan fingerprint density at radius 3 is 2.61 bits per heavy atom. The molecule has 0 unspecified atom stereocenters. The van der Waals surface area contributed by atoms with Crippen molar-refractivity contribution >= 4 is 40.8 Å². The Kier molecular flexibility index (Phi) is 8.24. The maximum atomic E-state index is 15.3. The Labute approximate surface area is 218 Å². The van der Waals surface area contributed by atoms with Gasteiger partial charge in [-0.25, -0.2) is 9.37 Å². The van der Waals surface area contributed by atoms with Gasteiger partial charge in [-0.2, -0.15) is 0 Å². The van der Waals surface area contributed by atoms with Gasteiger partial charge in [0.1, 0.15) is 17.7 Å². The number of rotatable bonds is 2. The van der Waals surface area contributed by atoms with Gasteiger partial charge in [0.25, 0.3) is 0 Å². The van der Waals surface area contributed by atoms with Crippen LogP contribution in [0.4, 0.5) is 4.39 Å². The van der Waals surface area contributed by atoms with Gasteiger partial charge in [0, 0.05) is 24.1 Å². The van der Waals surface area contributed by atoms with Crippen molar-refractivity contribution in [1.29, 1.82) is 0 Å². The summed E-state index contributed by atoms with van der Waals surface area (Å²) >= 11 is 7.88. The van der Waals surface area contributed by atoms with Crippen molar-refractivity contribution in [1.82, 2.24) is 4.98 Å². The van der Waals surface area contributed by atoms with Crippen LogP contribution in [0.3, 0.4) is 0 Å². The molecule has 1 spiro atoms. The minimum absolute atomic E-state index is 0.0317. The second-order valence-corrected chi connectivity index (χ2v) is 11.8. The molecule has 2 N–H and O–H groups in total. The van der Waals surface area contributed by atoms with E-state index < -0.39 is 65.1 Å². The number of nitrogens with zero attached hydrogens (tertiary/aromatic N) is 1. The highest BCUT2D eigenvalue weighted by molar-refractivity contribution is 7.09. The second kappa shape index (κ2) is 10.7. The average molecular weight is 546 g/mol. The number of carbonyl (C=O) groups is 2. The van der Waals surface area contributed by atoms with Crippen molar-refractivity contribution in [2.24, 2.45) is 11.3 Å². The molecule has 0 aromatic carbocycles. The molecule has 4 rings (SSSR count). The Morgan fingerprint density at radius 2 is 2.00 bits per heavy atom. The molecule has 7 atom stereocenters. The maximum absolute atomic E-state index is 15.3. The topological polar surface area (TPSA) is 118 Å². The van der Waals surface area contributed by atoms with Gasteiger partial charge in [0.2, 0.25) is 0 Å². The molecule has 0 amide bonds. The highest BCUT2D eigenvalue weighted by Crippen LogP contribution is 2.49. The van der Waals surface area contributed by atoms with Gasteiger partial charge in [-0.15, -0.1) is 11.3 Å². The Morgan fingerprint density at radius 1 is 1.28 bits per heavy atom. The van der Waals surface area contributed by atoms with Crippen molar-refractivity contribution in [3.05, 3.63) is 21.9 Å². The number of aliphatic hydroxyl groups is 2. The number of alkyl halides is 1. The monoisotopic (exact) mass is 545 g/mol. The highest BCUT2D eigenvalue weighted by atomic mass is 35.5. The van der Waals surface area contributed by atoms with Crippen LogP contribution < -0.4 is 0 Å². The summed E-state index contributed by atoms with van der Waals surface area (Å²) in [7, 11) is 0. The van der Waals surface area contributed by atoms with E-state index in [1.165, 1.54) is 17.4 Å². The fourth-order valence-electron chi connectivity index (χ4n) is 5.10. The normalized spacial score (nSPS) is 38.2. The van der Waals surface area contributed by atoms with Gasteiger partial charge in [-0.3, -0.25) is 9.59 Å². The molecule has 3 aliphatic rings. The zero-order chi connectivity index (χ0) is 26.3. The zero-order valence-electron chi connectivity index (χ0n) is 20.6. The number of carbonyl (C=O) groups excluding carboxylic acids is 2. The summed E-state index contributed by atoms with van der Waals surface area (Å²) in [6, 6.07) is 0. The first-order chi connectivity index (χ1) is 16.9. The molecule has 200 valence electrons. The molecule has 1 aromatic rings. The van der Waals surface area contributed by atoms with E-state index in [-0.39, 0.29) is 25.2 Å². The quantitative estimate of drug-likeness (QED) is 0.328. The van der Waals surface area contributed by atoms with Gasteiger partial charge in [0.15, 0.2) is 11.2 Å². The first-order valence-corrected chi connectivity index (χ1v) is 13.6. The SMILES string of the molecule is Cc1nc(C=C(F)[C@@H]2C[C@H]3O[C@@]3(Cl)CCO[C@@H](C)[C@@H](O)[C@@H](C)C(=O)C3(CCC3)[C@@H](O)CC(=O)O2)cs1. The van der Waals surface area contributed by atoms with Crippen LogP contribution in [0.1, 0.15) is 63.1 Å². The lowest BCUT2D eigenvalue weighted by atomic mass is 9.59. The third kappa shape index (κ3) is 5.68. The molecule has 3 fully saturated rings. The summed E-state index contributed by atoms with van der Waals surface area (Å²) in [5.41, 5.74) is -0.746. The molecule has 3 heterocycles. The van der Waals surface area contributed by atoms with Crippen molar-refractivity contribution in [2.75, 3.05) is 6.61 Å². The molecule has 2 aliphatic heterocycles. The molecule has 1 aromatic heterocycles. The Balaban J connectivity index is 1.58. The van der Waals surface area contributed by atoms with Gasteiger partial charge < -0.3 is 24.4 Å². The standard InChI is InChI=1S/C25H33ClFNO7S/c1-13-22(31)14(2)33-8-7-25(26)20(35-25)10-18(17(27)9-16-12-36-15(3)28-16)34-21(30)11-19(29)24(23(13)32)5-4-6-24/h9,12-14,18-20,22,29,31H,4-8,10-11H2,1-3H3/t13-,14+,18+,19+,20-,22+,25+/m1/s1. The number of ether oxygens (including phenoxy) is 3. The predicted octanol–water partition coefficient (Wildman–Crippen LogP) is 3.69. The minimum Gasteiger partial charge on any atom is -0.455 e. The molecule has 36 heavy (non-hydrogen) atoms. The number of halogens is 2. The minimum atomic E-state index is -1.32. The fourth-order valence-corrected chi connectivity index (χ4v) is 5.94. The number of fused-ring (bicyclic) bond motifs is 1. The van der Waals surface area contributed by atoms with Crippen molar-refractivity contribution in [3.63, 3.8) is 0 Å². The fraction of sp³-hybridized carbons (Fsp3) is 0.720. The number of thiazole rings is 1.